The van der Waals surface area contributed by atoms with Gasteiger partial charge in [-0.2, -0.15) is 0 Å². The van der Waals surface area contributed by atoms with Gasteiger partial charge in [0.2, 0.25) is 0 Å². The molecule has 0 aliphatic heterocycles. The van der Waals surface area contributed by atoms with Gasteiger partial charge in [-0.15, -0.1) is 0 Å². The van der Waals surface area contributed by atoms with Crippen LogP contribution in [0.4, 0.5) is 0 Å². The smallest absolute Gasteiger partial charge is 0.0312 e. The summed E-state index contributed by atoms with van der Waals surface area (Å²) < 4.78 is 0. The first kappa shape index (κ1) is 16.4. The van der Waals surface area contributed by atoms with Crippen molar-refractivity contribution in [1.29, 1.82) is 0 Å². The van der Waals surface area contributed by atoms with Gasteiger partial charge in [0.1, 0.15) is 0 Å². The molecule has 2 rings (SSSR count). The zero-order valence-corrected chi connectivity index (χ0v) is 14.1. The third-order valence-corrected chi connectivity index (χ3v) is 4.81. The number of rotatable bonds is 7. The van der Waals surface area contributed by atoms with Crippen LogP contribution in [0.1, 0.15) is 45.6 Å². The van der Waals surface area contributed by atoms with Crippen LogP contribution >= 0.6 is 0 Å². The molecule has 1 aromatic rings. The molecule has 0 radical (unpaired) electrons. The summed E-state index contributed by atoms with van der Waals surface area (Å²) in [7, 11) is 2.23. The highest BCUT2D eigenvalue weighted by Crippen LogP contribution is 2.41. The molecule has 1 saturated carbocycles. The van der Waals surface area contributed by atoms with Crippen LogP contribution in [0, 0.1) is 11.3 Å². The van der Waals surface area contributed by atoms with Crippen LogP contribution in [-0.4, -0.2) is 36.1 Å². The molecule has 0 saturated heterocycles. The van der Waals surface area contributed by atoms with Gasteiger partial charge >= 0.3 is 0 Å². The Morgan fingerprint density at radius 1 is 1.43 bits per heavy atom. The minimum atomic E-state index is 0.426. The largest absolute Gasteiger partial charge is 0.313 e. The van der Waals surface area contributed by atoms with E-state index in [1.165, 1.54) is 31.4 Å². The number of aromatic nitrogens is 1. The van der Waals surface area contributed by atoms with Gasteiger partial charge in [0, 0.05) is 31.5 Å². The topological polar surface area (TPSA) is 28.2 Å². The summed E-state index contributed by atoms with van der Waals surface area (Å²) in [6, 6.07) is 4.83. The van der Waals surface area contributed by atoms with E-state index in [0.29, 0.717) is 11.5 Å². The quantitative estimate of drug-likeness (QED) is 0.834. The van der Waals surface area contributed by atoms with E-state index in [-0.39, 0.29) is 0 Å². The van der Waals surface area contributed by atoms with Crippen molar-refractivity contribution >= 4 is 0 Å². The molecule has 2 unspecified atom stereocenters. The molecule has 0 amide bonds. The van der Waals surface area contributed by atoms with Crippen molar-refractivity contribution in [1.82, 2.24) is 15.2 Å². The highest BCUT2D eigenvalue weighted by Gasteiger charge is 2.41. The van der Waals surface area contributed by atoms with E-state index >= 15 is 0 Å². The standard InChI is InChI=1S/C18H31N3/c1-5-10-20-17-16(8-9-18(17,2)3)14-21(4)13-15-7-6-11-19-12-15/h6-7,11-12,16-17,20H,5,8-10,13-14H2,1-4H3. The first-order valence-electron chi connectivity index (χ1n) is 8.34. The summed E-state index contributed by atoms with van der Waals surface area (Å²) in [5.41, 5.74) is 1.73. The maximum atomic E-state index is 4.21. The van der Waals surface area contributed by atoms with Crippen LogP contribution in [0.2, 0.25) is 0 Å². The van der Waals surface area contributed by atoms with Crippen LogP contribution < -0.4 is 5.32 Å². The van der Waals surface area contributed by atoms with E-state index in [4.69, 9.17) is 0 Å². The van der Waals surface area contributed by atoms with Crippen molar-refractivity contribution in [2.24, 2.45) is 11.3 Å². The molecule has 1 aliphatic rings. The van der Waals surface area contributed by atoms with Gasteiger partial charge in [-0.25, -0.2) is 0 Å². The lowest BCUT2D eigenvalue weighted by Crippen LogP contribution is -2.45. The third-order valence-electron chi connectivity index (χ3n) is 4.81. The van der Waals surface area contributed by atoms with E-state index in [2.05, 4.69) is 49.1 Å². The number of pyridine rings is 1. The van der Waals surface area contributed by atoms with Gasteiger partial charge in [-0.1, -0.05) is 26.8 Å². The van der Waals surface area contributed by atoms with Gasteiger partial charge in [0.15, 0.2) is 0 Å². The fourth-order valence-electron chi connectivity index (χ4n) is 3.73. The molecular formula is C18H31N3. The minimum Gasteiger partial charge on any atom is -0.313 e. The Labute approximate surface area is 130 Å². The van der Waals surface area contributed by atoms with Gasteiger partial charge in [0.25, 0.3) is 0 Å². The molecular weight excluding hydrogens is 258 g/mol. The third kappa shape index (κ3) is 4.52. The summed E-state index contributed by atoms with van der Waals surface area (Å²) in [6.45, 7) is 10.4. The monoisotopic (exact) mass is 289 g/mol. The Morgan fingerprint density at radius 3 is 2.90 bits per heavy atom. The SMILES string of the molecule is CCCNC1C(CN(C)Cc2cccnc2)CCC1(C)C. The first-order chi connectivity index (χ1) is 10.0. The van der Waals surface area contributed by atoms with Gasteiger partial charge < -0.3 is 10.2 Å². The Morgan fingerprint density at radius 2 is 2.24 bits per heavy atom. The first-order valence-corrected chi connectivity index (χ1v) is 8.34. The second-order valence-electron chi connectivity index (χ2n) is 7.28. The highest BCUT2D eigenvalue weighted by molar-refractivity contribution is 5.08. The van der Waals surface area contributed by atoms with Gasteiger partial charge in [0.05, 0.1) is 0 Å². The van der Waals surface area contributed by atoms with Crippen LogP contribution in [0.3, 0.4) is 0 Å². The zero-order chi connectivity index (χ0) is 15.3. The molecule has 1 aliphatic carbocycles. The summed E-state index contributed by atoms with van der Waals surface area (Å²) in [6.07, 6.45) is 7.70. The van der Waals surface area contributed by atoms with Crippen LogP contribution in [0.5, 0.6) is 0 Å². The lowest BCUT2D eigenvalue weighted by Gasteiger charge is -2.33. The molecule has 1 aromatic heterocycles. The Bertz CT molecular complexity index is 416. The zero-order valence-electron chi connectivity index (χ0n) is 14.1. The predicted octanol–water partition coefficient (Wildman–Crippen LogP) is 3.32. The number of nitrogens with one attached hydrogen (secondary N) is 1. The van der Waals surface area contributed by atoms with E-state index in [0.717, 1.165) is 19.0 Å². The Balaban J connectivity index is 1.91. The molecule has 21 heavy (non-hydrogen) atoms. The molecule has 1 N–H and O–H groups in total. The van der Waals surface area contributed by atoms with Crippen LogP contribution in [-0.2, 0) is 6.54 Å². The average molecular weight is 289 g/mol. The maximum absolute atomic E-state index is 4.21. The normalized spacial score (nSPS) is 24.6. The average Bonchev–Trinajstić information content (AvgIpc) is 2.72. The van der Waals surface area contributed by atoms with Crippen LogP contribution in [0.15, 0.2) is 24.5 Å². The van der Waals surface area contributed by atoms with Crippen molar-refractivity contribution in [3.63, 3.8) is 0 Å². The fraction of sp³-hybridized carbons (Fsp3) is 0.722. The van der Waals surface area contributed by atoms with Crippen molar-refractivity contribution in [2.75, 3.05) is 20.1 Å². The lowest BCUT2D eigenvalue weighted by atomic mass is 9.84. The Kier molecular flexibility index (Phi) is 5.77. The van der Waals surface area contributed by atoms with Crippen molar-refractivity contribution in [2.45, 2.75) is 52.6 Å². The molecule has 0 spiro atoms. The number of hydrogen-bond donors (Lipinski definition) is 1. The molecule has 0 bridgehead atoms. The van der Waals surface area contributed by atoms with E-state index in [9.17, 15) is 0 Å². The van der Waals surface area contributed by atoms with E-state index < -0.39 is 0 Å². The summed E-state index contributed by atoms with van der Waals surface area (Å²) in [5, 5.41) is 3.80. The molecule has 118 valence electrons. The van der Waals surface area contributed by atoms with Crippen LogP contribution in [0.25, 0.3) is 0 Å². The number of hydrogen-bond acceptors (Lipinski definition) is 3. The molecule has 2 atom stereocenters. The molecule has 3 heteroatoms. The molecule has 0 aromatic carbocycles. The summed E-state index contributed by atoms with van der Waals surface area (Å²) >= 11 is 0. The highest BCUT2D eigenvalue weighted by atomic mass is 15.1. The van der Waals surface area contributed by atoms with Crippen molar-refractivity contribution in [3.8, 4) is 0 Å². The van der Waals surface area contributed by atoms with Gasteiger partial charge in [-0.3, -0.25) is 4.98 Å². The van der Waals surface area contributed by atoms with Crippen molar-refractivity contribution < 1.29 is 0 Å². The summed E-state index contributed by atoms with van der Waals surface area (Å²) in [5.74, 6) is 0.758. The second-order valence-corrected chi connectivity index (χ2v) is 7.28. The predicted molar refractivity (Wildman–Crippen MR) is 89.2 cm³/mol. The number of nitrogens with zero attached hydrogens (tertiary/aromatic N) is 2. The van der Waals surface area contributed by atoms with Gasteiger partial charge in [-0.05, 0) is 55.8 Å². The van der Waals surface area contributed by atoms with E-state index in [1.807, 2.05) is 18.5 Å². The fourth-order valence-corrected chi connectivity index (χ4v) is 3.73. The second kappa shape index (κ2) is 7.37. The lowest BCUT2D eigenvalue weighted by molar-refractivity contribution is 0.200. The summed E-state index contributed by atoms with van der Waals surface area (Å²) in [4.78, 5) is 6.66. The van der Waals surface area contributed by atoms with E-state index in [1.54, 1.807) is 0 Å². The molecule has 1 fully saturated rings. The molecule has 1 heterocycles. The maximum Gasteiger partial charge on any atom is 0.0312 e. The molecule has 3 nitrogen and oxygen atoms in total. The minimum absolute atomic E-state index is 0.426. The van der Waals surface area contributed by atoms with Crippen molar-refractivity contribution in [3.05, 3.63) is 30.1 Å². The Hall–Kier alpha value is -0.930.